The summed E-state index contributed by atoms with van der Waals surface area (Å²) in [4.78, 5) is 15.9. The molecular weight excluding hydrogens is 556 g/mol. The highest BCUT2D eigenvalue weighted by molar-refractivity contribution is 6.30. The lowest BCUT2D eigenvalue weighted by Crippen LogP contribution is -2.42. The summed E-state index contributed by atoms with van der Waals surface area (Å²) in [6.45, 7) is 12.0. The van der Waals surface area contributed by atoms with Crippen LogP contribution in [0.4, 0.5) is 17.1 Å². The van der Waals surface area contributed by atoms with E-state index in [-0.39, 0.29) is 11.5 Å². The lowest BCUT2D eigenvalue weighted by molar-refractivity contribution is 0.0224. The van der Waals surface area contributed by atoms with Gasteiger partial charge in [0, 0.05) is 56.9 Å². The molecule has 1 spiro atoms. The first-order chi connectivity index (χ1) is 20.6. The molecule has 4 aromatic rings. The average molecular weight is 595 g/mol. The van der Waals surface area contributed by atoms with Gasteiger partial charge in [-0.1, -0.05) is 56.0 Å². The van der Waals surface area contributed by atoms with E-state index >= 15 is 0 Å². The lowest BCUT2D eigenvalue weighted by atomic mass is 9.77. The van der Waals surface area contributed by atoms with Gasteiger partial charge in [0.25, 0.3) is 0 Å². The molecule has 2 aliphatic rings. The Hall–Kier alpha value is -3.96. The van der Waals surface area contributed by atoms with Crippen LogP contribution in [-0.4, -0.2) is 18.1 Å². The largest absolute Gasteiger partial charge is 0.456 e. The maximum absolute atomic E-state index is 13.4. The van der Waals surface area contributed by atoms with Gasteiger partial charge in [0.15, 0.2) is 5.60 Å². The van der Waals surface area contributed by atoms with Crippen molar-refractivity contribution in [3.8, 4) is 11.5 Å². The number of hydrogen-bond donors (Lipinski definition) is 1. The number of fused-ring (bicyclic) bond motifs is 6. The van der Waals surface area contributed by atoms with Gasteiger partial charge in [0.1, 0.15) is 11.5 Å². The Morgan fingerprint density at radius 1 is 0.860 bits per heavy atom. The first kappa shape index (κ1) is 29.1. The first-order valence-electron chi connectivity index (χ1n) is 15.2. The smallest absolute Gasteiger partial charge is 0.340 e. The molecule has 0 radical (unpaired) electrons. The molecule has 0 aliphatic carbocycles. The Bertz CT molecular complexity index is 1670. The molecular formula is C37H39ClN2O3. The first-order valence-corrected chi connectivity index (χ1v) is 15.6. The van der Waals surface area contributed by atoms with Crippen LogP contribution in [0, 0.1) is 6.92 Å². The highest BCUT2D eigenvalue weighted by Crippen LogP contribution is 2.57. The quantitative estimate of drug-likeness (QED) is 0.162. The van der Waals surface area contributed by atoms with Crippen LogP contribution in [0.5, 0.6) is 11.5 Å². The van der Waals surface area contributed by atoms with Crippen LogP contribution in [0.3, 0.4) is 0 Å². The van der Waals surface area contributed by atoms with E-state index in [2.05, 4.69) is 62.2 Å². The van der Waals surface area contributed by atoms with Gasteiger partial charge in [0.05, 0.1) is 5.56 Å². The van der Waals surface area contributed by atoms with Gasteiger partial charge in [-0.15, -0.1) is 0 Å². The zero-order valence-electron chi connectivity index (χ0n) is 25.6. The molecule has 1 N–H and O–H groups in total. The van der Waals surface area contributed by atoms with Gasteiger partial charge in [0.2, 0.25) is 0 Å². The monoisotopic (exact) mass is 594 g/mol. The predicted octanol–water partition coefficient (Wildman–Crippen LogP) is 10.1. The van der Waals surface area contributed by atoms with Crippen LogP contribution >= 0.6 is 11.6 Å². The topological polar surface area (TPSA) is 50.8 Å². The maximum Gasteiger partial charge on any atom is 0.340 e. The van der Waals surface area contributed by atoms with E-state index in [0.29, 0.717) is 22.1 Å². The number of carbonyl (C=O) groups is 1. The fourth-order valence-corrected chi connectivity index (χ4v) is 6.47. The Balaban J connectivity index is 1.49. The molecule has 2 aliphatic heterocycles. The van der Waals surface area contributed by atoms with Crippen LogP contribution in [0.1, 0.15) is 86.0 Å². The molecule has 6 heteroatoms. The highest BCUT2D eigenvalue weighted by Gasteiger charge is 2.53. The molecule has 222 valence electrons. The Labute approximate surface area is 259 Å². The van der Waals surface area contributed by atoms with E-state index < -0.39 is 5.60 Å². The van der Waals surface area contributed by atoms with Gasteiger partial charge in [-0.3, -0.25) is 0 Å². The molecule has 2 heterocycles. The Morgan fingerprint density at radius 2 is 1.60 bits per heavy atom. The number of carbonyl (C=O) groups excluding carboxylic acids is 1. The summed E-state index contributed by atoms with van der Waals surface area (Å²) in [6, 6.07) is 25.7. The second-order valence-electron chi connectivity index (χ2n) is 12.6. The zero-order chi connectivity index (χ0) is 30.4. The number of nitrogens with zero attached hydrogens (tertiary/aromatic N) is 1. The Morgan fingerprint density at radius 3 is 2.35 bits per heavy atom. The number of hydrogen-bond acceptors (Lipinski definition) is 5. The van der Waals surface area contributed by atoms with Crippen molar-refractivity contribution >= 4 is 34.6 Å². The number of ether oxygens (including phenoxy) is 2. The summed E-state index contributed by atoms with van der Waals surface area (Å²) in [5.74, 6) is 1.05. The summed E-state index contributed by atoms with van der Waals surface area (Å²) in [6.07, 6.45) is 4.78. The van der Waals surface area contributed by atoms with Crippen molar-refractivity contribution in [1.29, 1.82) is 0 Å². The predicted molar refractivity (Wildman–Crippen MR) is 175 cm³/mol. The van der Waals surface area contributed by atoms with Crippen molar-refractivity contribution in [3.63, 3.8) is 0 Å². The molecule has 1 atom stereocenters. The van der Waals surface area contributed by atoms with E-state index in [9.17, 15) is 4.79 Å². The molecule has 6 rings (SSSR count). The van der Waals surface area contributed by atoms with Gasteiger partial charge in [-0.25, -0.2) is 4.79 Å². The molecule has 4 aromatic carbocycles. The van der Waals surface area contributed by atoms with Crippen LogP contribution < -0.4 is 15.0 Å². The Kier molecular flexibility index (Phi) is 7.64. The SMILES string of the molecule is CCCCCCN(c1ccc2c(c1)Oc1cc(C)c(Nc3ccc(Cl)cc3)cc1C21OC(=O)c2ccccc21)C(C)(C)C. The summed E-state index contributed by atoms with van der Waals surface area (Å²) in [5.41, 5.74) is 5.72. The fourth-order valence-electron chi connectivity index (χ4n) is 6.35. The zero-order valence-corrected chi connectivity index (χ0v) is 26.3. The lowest BCUT2D eigenvalue weighted by Gasteiger charge is -2.40. The number of aryl methyl sites for hydroxylation is 1. The molecule has 0 amide bonds. The molecule has 0 fully saturated rings. The highest BCUT2D eigenvalue weighted by atomic mass is 35.5. The number of unbranched alkanes of at least 4 members (excludes halogenated alkanes) is 3. The molecule has 0 aromatic heterocycles. The fraction of sp³-hybridized carbons (Fsp3) is 0.324. The van der Waals surface area contributed by atoms with Crippen LogP contribution in [0.15, 0.2) is 78.9 Å². The average Bonchev–Trinajstić information content (AvgIpc) is 3.27. The van der Waals surface area contributed by atoms with E-state index in [1.807, 2.05) is 61.5 Å². The van der Waals surface area contributed by atoms with Gasteiger partial charge in [-0.05, 0) is 94.3 Å². The molecule has 1 unspecified atom stereocenters. The van der Waals surface area contributed by atoms with Crippen LogP contribution in [0.25, 0.3) is 0 Å². The standard InChI is InChI=1S/C37H39ClN2O3/c1-6-7-8-11-20-40(36(3,4)5)27-18-19-30-34(22-27)42-33-21-24(2)32(39-26-16-14-25(38)15-17-26)23-31(33)37(30)29-13-10-9-12-28(29)35(41)43-37/h9-10,12-19,21-23,39H,6-8,11,20H2,1-5H3. The van der Waals surface area contributed by atoms with Gasteiger partial charge >= 0.3 is 5.97 Å². The van der Waals surface area contributed by atoms with E-state index in [0.717, 1.165) is 52.3 Å². The normalized spacial score (nSPS) is 16.7. The second-order valence-corrected chi connectivity index (χ2v) is 13.0. The summed E-state index contributed by atoms with van der Waals surface area (Å²) in [7, 11) is 0. The number of nitrogens with one attached hydrogen (secondary N) is 1. The minimum absolute atomic E-state index is 0.0735. The number of anilines is 3. The van der Waals surface area contributed by atoms with Crippen molar-refractivity contribution in [3.05, 3.63) is 112 Å². The third kappa shape index (κ3) is 5.25. The van der Waals surface area contributed by atoms with Crippen LogP contribution in [0.2, 0.25) is 5.02 Å². The van der Waals surface area contributed by atoms with Gasteiger partial charge in [-0.2, -0.15) is 0 Å². The van der Waals surface area contributed by atoms with Crippen molar-refractivity contribution in [2.24, 2.45) is 0 Å². The summed E-state index contributed by atoms with van der Waals surface area (Å²) >= 11 is 6.13. The second kappa shape index (κ2) is 11.3. The van der Waals surface area contributed by atoms with Crippen LogP contribution in [-0.2, 0) is 10.3 Å². The van der Waals surface area contributed by atoms with E-state index in [1.54, 1.807) is 0 Å². The minimum Gasteiger partial charge on any atom is -0.456 e. The van der Waals surface area contributed by atoms with E-state index in [4.69, 9.17) is 21.1 Å². The third-order valence-electron chi connectivity index (χ3n) is 8.52. The molecule has 0 bridgehead atoms. The van der Waals surface area contributed by atoms with Crippen molar-refractivity contribution in [2.75, 3.05) is 16.8 Å². The van der Waals surface area contributed by atoms with E-state index in [1.165, 1.54) is 19.3 Å². The molecule has 0 saturated carbocycles. The molecule has 0 saturated heterocycles. The van der Waals surface area contributed by atoms with Crippen molar-refractivity contribution in [2.45, 2.75) is 71.4 Å². The number of esters is 1. The number of benzene rings is 4. The third-order valence-corrected chi connectivity index (χ3v) is 8.77. The number of halogens is 1. The number of rotatable bonds is 8. The summed E-state index contributed by atoms with van der Waals surface area (Å²) < 4.78 is 13.2. The van der Waals surface area contributed by atoms with Gasteiger partial charge < -0.3 is 19.7 Å². The molecule has 5 nitrogen and oxygen atoms in total. The molecule has 43 heavy (non-hydrogen) atoms. The van der Waals surface area contributed by atoms with Crippen molar-refractivity contribution in [1.82, 2.24) is 0 Å². The van der Waals surface area contributed by atoms with Crippen molar-refractivity contribution < 1.29 is 14.3 Å². The minimum atomic E-state index is -1.13. The maximum atomic E-state index is 13.4. The summed E-state index contributed by atoms with van der Waals surface area (Å²) in [5, 5.41) is 4.20.